The zero-order chi connectivity index (χ0) is 61.9. The quantitative estimate of drug-likeness (QED) is 0.119. The Balaban J connectivity index is 1.26. The van der Waals surface area contributed by atoms with Gasteiger partial charge in [-0.05, 0) is 195 Å². The van der Waals surface area contributed by atoms with Gasteiger partial charge in [-0.1, -0.05) is 159 Å². The highest BCUT2D eigenvalue weighted by atomic mass is 16.5. The zero-order valence-electron chi connectivity index (χ0n) is 53.9. The lowest BCUT2D eigenvalue weighted by Crippen LogP contribution is -2.27. The predicted molar refractivity (Wildman–Crippen MR) is 363 cm³/mol. The molecular weight excluding hydrogens is 1080 g/mol. The molecule has 0 saturated carbocycles. The number of fused-ring (bicyclic) bond motifs is 8. The van der Waals surface area contributed by atoms with Crippen molar-refractivity contribution in [2.24, 2.45) is 0 Å². The minimum Gasteiger partial charge on any atom is -0.453 e. The van der Waals surface area contributed by atoms with Crippen LogP contribution in [0, 0.1) is 11.3 Å². The SMILES string of the molecule is CC(C)c1ccc2c(c1)Oc1cc(C(C)C)ccc1N2c1cc(N2c3ccc(C(C)C)cc3Oc3cc(C(C)C)ccc32)c(N2c3ccc(C(C)C)cc3Oc3cc(C(C)C)ccc32)c(C#N)c1N1c2ccc(C(C)C)cc2Oc2cc(C(C)C)ccc21. The zero-order valence-corrected chi connectivity index (χ0v) is 53.9. The van der Waals surface area contributed by atoms with Crippen LogP contribution in [-0.4, -0.2) is 0 Å². The largest absolute Gasteiger partial charge is 0.453 e. The Hall–Kier alpha value is -9.13. The molecule has 0 N–H and O–H groups in total. The highest BCUT2D eigenvalue weighted by molar-refractivity contribution is 6.09. The maximum absolute atomic E-state index is 13.2. The van der Waals surface area contributed by atoms with Crippen molar-refractivity contribution in [1.82, 2.24) is 0 Å². The van der Waals surface area contributed by atoms with Gasteiger partial charge >= 0.3 is 0 Å². The standard InChI is InChI=1S/C79H81N5O4/c1-43(2)51-17-25-60-70(33-51)85-71-34-52(44(3)4)18-26-61(71)81(60)68-41-69(82-62-27-19-53(45(5)6)35-72(62)86-73-36-54(46(7)8)20-28-63(73)82)79(84-66-31-23-57(49(13)14)39-76(66)88-77-40-58(50(15)16)24-32-67(77)84)59(42-80)78(68)83-64-29-21-55(47(9)10)37-74(64)87-75-38-56(48(11)12)22-30-65(75)83/h17-41,43-50H,1-16H3. The summed E-state index contributed by atoms with van der Waals surface area (Å²) in [6.07, 6.45) is 0. The van der Waals surface area contributed by atoms with Gasteiger partial charge < -0.3 is 38.5 Å². The van der Waals surface area contributed by atoms with Gasteiger partial charge in [0.2, 0.25) is 0 Å². The maximum Gasteiger partial charge on any atom is 0.151 e. The fourth-order valence-electron chi connectivity index (χ4n) is 12.8. The molecule has 88 heavy (non-hydrogen) atoms. The Kier molecular flexibility index (Phi) is 14.6. The van der Waals surface area contributed by atoms with Gasteiger partial charge in [0.25, 0.3) is 0 Å². The van der Waals surface area contributed by atoms with Crippen LogP contribution >= 0.6 is 0 Å². The molecule has 0 bridgehead atoms. The molecule has 9 nitrogen and oxygen atoms in total. The van der Waals surface area contributed by atoms with Gasteiger partial charge in [0.1, 0.15) is 11.6 Å². The van der Waals surface area contributed by atoms with Gasteiger partial charge in [-0.15, -0.1) is 0 Å². The van der Waals surface area contributed by atoms with Crippen molar-refractivity contribution in [1.29, 1.82) is 5.26 Å². The Morgan fingerprint density at radius 3 is 0.568 bits per heavy atom. The average molecular weight is 1160 g/mol. The summed E-state index contributed by atoms with van der Waals surface area (Å²) in [4.78, 5) is 9.31. The summed E-state index contributed by atoms with van der Waals surface area (Å²) in [7, 11) is 0. The third-order valence-corrected chi connectivity index (χ3v) is 18.3. The maximum atomic E-state index is 13.2. The molecule has 9 aromatic rings. The lowest BCUT2D eigenvalue weighted by atomic mass is 9.94. The Morgan fingerprint density at radius 1 is 0.239 bits per heavy atom. The van der Waals surface area contributed by atoms with Crippen LogP contribution in [0.5, 0.6) is 46.0 Å². The summed E-state index contributed by atoms with van der Waals surface area (Å²) >= 11 is 0. The van der Waals surface area contributed by atoms with E-state index in [4.69, 9.17) is 18.9 Å². The van der Waals surface area contributed by atoms with E-state index in [2.05, 4.69) is 288 Å². The number of nitriles is 1. The van der Waals surface area contributed by atoms with Crippen LogP contribution in [0.2, 0.25) is 0 Å². The second-order valence-electron chi connectivity index (χ2n) is 26.9. The summed E-state index contributed by atoms with van der Waals surface area (Å²) in [5, 5.41) is 13.2. The highest BCUT2D eigenvalue weighted by Crippen LogP contribution is 2.66. The molecule has 9 aromatic carbocycles. The molecule has 0 radical (unpaired) electrons. The number of ether oxygens (including phenoxy) is 4. The number of benzene rings is 9. The Morgan fingerprint density at radius 2 is 0.409 bits per heavy atom. The number of anilines is 12. The molecule has 0 amide bonds. The number of rotatable bonds is 12. The third-order valence-electron chi connectivity index (χ3n) is 18.3. The van der Waals surface area contributed by atoms with Crippen LogP contribution in [0.3, 0.4) is 0 Å². The van der Waals surface area contributed by atoms with Gasteiger partial charge in [0, 0.05) is 0 Å². The van der Waals surface area contributed by atoms with Crippen LogP contribution in [-0.2, 0) is 0 Å². The first-order valence-corrected chi connectivity index (χ1v) is 31.8. The first-order chi connectivity index (χ1) is 42.2. The molecule has 0 aliphatic carbocycles. The van der Waals surface area contributed by atoms with E-state index < -0.39 is 0 Å². The van der Waals surface area contributed by atoms with Gasteiger partial charge in [-0.3, -0.25) is 0 Å². The van der Waals surface area contributed by atoms with Crippen molar-refractivity contribution in [3.8, 4) is 52.1 Å². The Bertz CT molecular complexity index is 3820. The van der Waals surface area contributed by atoms with E-state index in [1.165, 1.54) is 0 Å². The Labute approximate surface area is 521 Å². The normalized spacial score (nSPS) is 13.6. The minimum atomic E-state index is 0.219. The lowest BCUT2D eigenvalue weighted by Gasteiger charge is -2.43. The fourth-order valence-corrected chi connectivity index (χ4v) is 12.8. The van der Waals surface area contributed by atoms with E-state index in [0.717, 1.165) is 124 Å². The van der Waals surface area contributed by atoms with Crippen molar-refractivity contribution in [3.05, 3.63) is 202 Å². The fraction of sp³-hybridized carbons (Fsp3) is 0.304. The van der Waals surface area contributed by atoms with Crippen molar-refractivity contribution >= 4 is 68.2 Å². The molecule has 0 unspecified atom stereocenters. The molecule has 13 rings (SSSR count). The summed E-state index contributed by atoms with van der Waals surface area (Å²) in [6, 6.07) is 58.2. The van der Waals surface area contributed by atoms with E-state index in [1.54, 1.807) is 0 Å². The van der Waals surface area contributed by atoms with Crippen molar-refractivity contribution in [3.63, 3.8) is 0 Å². The lowest BCUT2D eigenvalue weighted by molar-refractivity contribution is 0.473. The molecule has 4 aliphatic rings. The molecule has 0 atom stereocenters. The van der Waals surface area contributed by atoms with E-state index in [0.29, 0.717) is 39.9 Å². The second-order valence-corrected chi connectivity index (χ2v) is 26.9. The summed E-state index contributed by atoms with van der Waals surface area (Å²) < 4.78 is 28.8. The average Bonchev–Trinajstić information content (AvgIpc) is 0.827. The van der Waals surface area contributed by atoms with E-state index in [1.807, 2.05) is 0 Å². The van der Waals surface area contributed by atoms with Gasteiger partial charge in [0.15, 0.2) is 46.0 Å². The molecule has 0 aromatic heterocycles. The molecule has 0 spiro atoms. The van der Waals surface area contributed by atoms with Gasteiger partial charge in [0.05, 0.1) is 68.2 Å². The van der Waals surface area contributed by atoms with Crippen LogP contribution in [0.15, 0.2) is 152 Å². The summed E-state index contributed by atoms with van der Waals surface area (Å²) in [6.45, 7) is 35.5. The molecule has 0 saturated heterocycles. The predicted octanol–water partition coefficient (Wildman–Crippen LogP) is 24.8. The highest BCUT2D eigenvalue weighted by Gasteiger charge is 2.43. The summed E-state index contributed by atoms with van der Waals surface area (Å²) in [5.74, 6) is 7.50. The molecule has 9 heteroatoms. The van der Waals surface area contributed by atoms with Crippen molar-refractivity contribution in [2.75, 3.05) is 19.6 Å². The number of hydrogen-bond donors (Lipinski definition) is 0. The van der Waals surface area contributed by atoms with Crippen LogP contribution in [0.25, 0.3) is 0 Å². The summed E-state index contributed by atoms with van der Waals surface area (Å²) in [5.41, 5.74) is 19.0. The van der Waals surface area contributed by atoms with Crippen LogP contribution in [0.1, 0.15) is 208 Å². The first-order valence-electron chi connectivity index (χ1n) is 31.8. The van der Waals surface area contributed by atoms with E-state index >= 15 is 0 Å². The smallest absolute Gasteiger partial charge is 0.151 e. The van der Waals surface area contributed by atoms with Crippen molar-refractivity contribution < 1.29 is 18.9 Å². The number of nitrogens with zero attached hydrogens (tertiary/aromatic N) is 5. The minimum absolute atomic E-state index is 0.219. The van der Waals surface area contributed by atoms with Crippen LogP contribution < -0.4 is 38.5 Å². The molecule has 4 aliphatic heterocycles. The molecule has 4 heterocycles. The second kappa shape index (κ2) is 22.2. The third kappa shape index (κ3) is 9.76. The van der Waals surface area contributed by atoms with Crippen LogP contribution in [0.4, 0.5) is 68.2 Å². The monoisotopic (exact) mass is 1160 g/mol. The van der Waals surface area contributed by atoms with Gasteiger partial charge in [-0.25, -0.2) is 0 Å². The van der Waals surface area contributed by atoms with Gasteiger partial charge in [-0.2, -0.15) is 5.26 Å². The molecule has 0 fully saturated rings. The topological polar surface area (TPSA) is 73.7 Å². The van der Waals surface area contributed by atoms with Crippen molar-refractivity contribution in [2.45, 2.75) is 158 Å². The van der Waals surface area contributed by atoms with E-state index in [-0.39, 0.29) is 47.3 Å². The molecule has 446 valence electrons. The first kappa shape index (κ1) is 57.9. The number of hydrogen-bond acceptors (Lipinski definition) is 9. The van der Waals surface area contributed by atoms with E-state index in [9.17, 15) is 5.26 Å². The molecular formula is C79H81N5O4.